The monoisotopic (exact) mass is 360 g/mol. The summed E-state index contributed by atoms with van der Waals surface area (Å²) in [6, 6.07) is 7.53. The summed E-state index contributed by atoms with van der Waals surface area (Å²) < 4.78 is 5.77. The maximum Gasteiger partial charge on any atom is 0.238 e. The second-order valence-corrected chi connectivity index (χ2v) is 7.29. The number of nitrogens with two attached hydrogens (primary N) is 1. The first-order valence-electron chi connectivity index (χ1n) is 9.26. The molecule has 26 heavy (non-hydrogen) atoms. The number of morpholine rings is 1. The van der Waals surface area contributed by atoms with E-state index in [1.54, 1.807) is 0 Å². The molecule has 1 aromatic carbocycles. The number of hydrogen-bond acceptors (Lipinski definition) is 5. The third kappa shape index (κ3) is 4.53. The van der Waals surface area contributed by atoms with E-state index in [9.17, 15) is 9.59 Å². The van der Waals surface area contributed by atoms with Crippen LogP contribution in [-0.2, 0) is 14.3 Å². The van der Waals surface area contributed by atoms with Crippen LogP contribution in [0.1, 0.15) is 26.7 Å². The molecule has 0 saturated carbocycles. The fraction of sp³-hybridized carbons (Fsp3) is 0.579. The van der Waals surface area contributed by atoms with E-state index in [1.165, 1.54) is 0 Å². The Morgan fingerprint density at radius 3 is 2.46 bits per heavy atom. The molecule has 142 valence electrons. The molecule has 0 aliphatic carbocycles. The van der Waals surface area contributed by atoms with Crippen molar-refractivity contribution in [2.45, 2.75) is 44.9 Å². The molecule has 3 unspecified atom stereocenters. The Kier molecular flexibility index (Phi) is 5.78. The number of amides is 2. The highest BCUT2D eigenvalue weighted by Gasteiger charge is 2.30. The highest BCUT2D eigenvalue weighted by atomic mass is 16.5. The normalized spacial score (nSPS) is 26.7. The highest BCUT2D eigenvalue weighted by Crippen LogP contribution is 2.22. The van der Waals surface area contributed by atoms with Crippen LogP contribution in [0.3, 0.4) is 0 Å². The van der Waals surface area contributed by atoms with Crippen molar-refractivity contribution in [3.63, 3.8) is 0 Å². The smallest absolute Gasteiger partial charge is 0.238 e. The average molecular weight is 360 g/mol. The van der Waals surface area contributed by atoms with Gasteiger partial charge in [0.25, 0.3) is 0 Å². The Balaban J connectivity index is 1.55. The van der Waals surface area contributed by atoms with Crippen LogP contribution >= 0.6 is 0 Å². The molecule has 0 spiro atoms. The van der Waals surface area contributed by atoms with Gasteiger partial charge in [-0.3, -0.25) is 14.5 Å². The molecule has 3 atom stereocenters. The van der Waals surface area contributed by atoms with Crippen molar-refractivity contribution in [3.05, 3.63) is 24.3 Å². The average Bonchev–Trinajstić information content (AvgIpc) is 3.03. The van der Waals surface area contributed by atoms with Crippen LogP contribution in [0, 0.1) is 0 Å². The van der Waals surface area contributed by atoms with Gasteiger partial charge in [0.05, 0.1) is 24.8 Å². The van der Waals surface area contributed by atoms with Gasteiger partial charge in [0.1, 0.15) is 0 Å². The molecule has 2 amide bonds. The lowest BCUT2D eigenvalue weighted by Crippen LogP contribution is -2.45. The van der Waals surface area contributed by atoms with E-state index in [0.717, 1.165) is 43.9 Å². The summed E-state index contributed by atoms with van der Waals surface area (Å²) in [7, 11) is 0. The van der Waals surface area contributed by atoms with Gasteiger partial charge in [0.2, 0.25) is 11.8 Å². The van der Waals surface area contributed by atoms with Gasteiger partial charge < -0.3 is 20.7 Å². The summed E-state index contributed by atoms with van der Waals surface area (Å²) in [5, 5.41) is 2.90. The maximum absolute atomic E-state index is 12.3. The third-order valence-corrected chi connectivity index (χ3v) is 4.97. The summed E-state index contributed by atoms with van der Waals surface area (Å²) in [6.07, 6.45) is 2.04. The molecule has 2 saturated heterocycles. The predicted molar refractivity (Wildman–Crippen MR) is 101 cm³/mol. The summed E-state index contributed by atoms with van der Waals surface area (Å²) in [6.45, 7) is 6.80. The molecular weight excluding hydrogens is 332 g/mol. The zero-order valence-electron chi connectivity index (χ0n) is 15.5. The SMILES string of the molecule is CC1CN(c2ccc(NC(=O)CN3CCCC3C(N)=O)cc2)CC(C)O1. The van der Waals surface area contributed by atoms with Crippen LogP contribution in [0.25, 0.3) is 0 Å². The van der Waals surface area contributed by atoms with Crippen LogP contribution in [-0.4, -0.2) is 61.1 Å². The second-order valence-electron chi connectivity index (χ2n) is 7.29. The Bertz CT molecular complexity index is 639. The lowest BCUT2D eigenvalue weighted by molar-refractivity contribution is -0.123. The topological polar surface area (TPSA) is 87.9 Å². The van der Waals surface area contributed by atoms with Crippen LogP contribution in [0.2, 0.25) is 0 Å². The molecule has 2 aliphatic heterocycles. The van der Waals surface area contributed by atoms with E-state index in [4.69, 9.17) is 10.5 Å². The third-order valence-electron chi connectivity index (χ3n) is 4.97. The quantitative estimate of drug-likeness (QED) is 0.823. The lowest BCUT2D eigenvalue weighted by atomic mass is 10.2. The minimum atomic E-state index is -0.353. The van der Waals surface area contributed by atoms with Gasteiger partial charge in [-0.1, -0.05) is 0 Å². The Morgan fingerprint density at radius 2 is 1.85 bits per heavy atom. The number of hydrogen-bond donors (Lipinski definition) is 2. The Morgan fingerprint density at radius 1 is 1.19 bits per heavy atom. The minimum absolute atomic E-state index is 0.125. The van der Waals surface area contributed by atoms with Crippen LogP contribution in [0.4, 0.5) is 11.4 Å². The molecule has 0 radical (unpaired) electrons. The van der Waals surface area contributed by atoms with E-state index in [1.807, 2.05) is 29.2 Å². The Labute approximate surface area is 154 Å². The van der Waals surface area contributed by atoms with Gasteiger partial charge in [-0.25, -0.2) is 0 Å². The fourth-order valence-electron chi connectivity index (χ4n) is 3.87. The summed E-state index contributed by atoms with van der Waals surface area (Å²) in [5.41, 5.74) is 7.27. The largest absolute Gasteiger partial charge is 0.372 e. The molecule has 0 bridgehead atoms. The molecule has 1 aromatic rings. The van der Waals surface area contributed by atoms with Crippen LogP contribution in [0.15, 0.2) is 24.3 Å². The molecular formula is C19H28N4O3. The number of nitrogens with zero attached hydrogens (tertiary/aromatic N) is 2. The van der Waals surface area contributed by atoms with Crippen molar-refractivity contribution in [3.8, 4) is 0 Å². The van der Waals surface area contributed by atoms with E-state index >= 15 is 0 Å². The first kappa shape index (κ1) is 18.7. The lowest BCUT2D eigenvalue weighted by Gasteiger charge is -2.36. The molecule has 7 heteroatoms. The number of carbonyl (C=O) groups is 2. The second kappa shape index (κ2) is 8.05. The molecule has 7 nitrogen and oxygen atoms in total. The van der Waals surface area contributed by atoms with Gasteiger partial charge in [-0.2, -0.15) is 0 Å². The Hall–Kier alpha value is -2.12. The van der Waals surface area contributed by atoms with Crippen molar-refractivity contribution in [2.24, 2.45) is 5.73 Å². The number of carbonyl (C=O) groups excluding carboxylic acids is 2. The molecule has 0 aromatic heterocycles. The predicted octanol–water partition coefficient (Wildman–Crippen LogP) is 1.19. The molecule has 2 heterocycles. The number of benzene rings is 1. The van der Waals surface area contributed by atoms with Crippen molar-refractivity contribution in [1.29, 1.82) is 0 Å². The van der Waals surface area contributed by atoms with Crippen LogP contribution < -0.4 is 16.0 Å². The van der Waals surface area contributed by atoms with E-state index in [2.05, 4.69) is 24.1 Å². The number of nitrogens with one attached hydrogen (secondary N) is 1. The number of primary amides is 1. The summed E-state index contributed by atoms with van der Waals surface area (Å²) >= 11 is 0. The zero-order valence-corrected chi connectivity index (χ0v) is 15.5. The number of rotatable bonds is 5. The van der Waals surface area contributed by atoms with Crippen LogP contribution in [0.5, 0.6) is 0 Å². The highest BCUT2D eigenvalue weighted by molar-refractivity contribution is 5.93. The van der Waals surface area contributed by atoms with Crippen molar-refractivity contribution < 1.29 is 14.3 Å². The van der Waals surface area contributed by atoms with E-state index in [-0.39, 0.29) is 36.6 Å². The molecule has 3 N–H and O–H groups in total. The minimum Gasteiger partial charge on any atom is -0.372 e. The van der Waals surface area contributed by atoms with Gasteiger partial charge in [-0.05, 0) is 57.5 Å². The number of likely N-dealkylation sites (tertiary alicyclic amines) is 1. The van der Waals surface area contributed by atoms with Crippen molar-refractivity contribution in [1.82, 2.24) is 4.90 Å². The molecule has 2 aliphatic rings. The fourth-order valence-corrected chi connectivity index (χ4v) is 3.87. The maximum atomic E-state index is 12.3. The standard InChI is InChI=1S/C19H28N4O3/c1-13-10-23(11-14(2)26-13)16-7-5-15(6-8-16)21-18(24)12-22-9-3-4-17(22)19(20)25/h5-8,13-14,17H,3-4,9-12H2,1-2H3,(H2,20,25)(H,21,24). The number of anilines is 2. The zero-order chi connectivity index (χ0) is 18.7. The van der Waals surface area contributed by atoms with Gasteiger partial charge >= 0.3 is 0 Å². The summed E-state index contributed by atoms with van der Waals surface area (Å²) in [5.74, 6) is -0.479. The van der Waals surface area contributed by atoms with Crippen molar-refractivity contribution >= 4 is 23.2 Å². The summed E-state index contributed by atoms with van der Waals surface area (Å²) in [4.78, 5) is 27.8. The van der Waals surface area contributed by atoms with Gasteiger partial charge in [0.15, 0.2) is 0 Å². The molecule has 2 fully saturated rings. The molecule has 3 rings (SSSR count). The first-order valence-corrected chi connectivity index (χ1v) is 9.26. The van der Waals surface area contributed by atoms with E-state index in [0.29, 0.717) is 0 Å². The van der Waals surface area contributed by atoms with Gasteiger partial charge in [-0.15, -0.1) is 0 Å². The van der Waals surface area contributed by atoms with Crippen molar-refractivity contribution in [2.75, 3.05) is 36.4 Å². The number of ether oxygens (including phenoxy) is 1. The first-order chi connectivity index (χ1) is 12.4. The van der Waals surface area contributed by atoms with Gasteiger partial charge in [0, 0.05) is 24.5 Å². The van der Waals surface area contributed by atoms with E-state index < -0.39 is 0 Å².